The zero-order valence-corrected chi connectivity index (χ0v) is 12.3. The largest absolute Gasteiger partial charge is 0.370 e. The Bertz CT molecular complexity index is 516. The van der Waals surface area contributed by atoms with Crippen molar-refractivity contribution in [3.05, 3.63) is 35.9 Å². The Morgan fingerprint density at radius 3 is 2.47 bits per heavy atom. The van der Waals surface area contributed by atoms with Gasteiger partial charge in [0.2, 0.25) is 0 Å². The quantitative estimate of drug-likeness (QED) is 0.839. The third-order valence-electron chi connectivity index (χ3n) is 3.31. The lowest BCUT2D eigenvalue weighted by Crippen LogP contribution is -2.51. The number of nitrogens with zero attached hydrogens (tertiary/aromatic N) is 2. The molecule has 0 aromatic heterocycles. The van der Waals surface area contributed by atoms with Gasteiger partial charge in [-0.1, -0.05) is 30.3 Å². The highest BCUT2D eigenvalue weighted by atomic mass is 32.2. The topological polar surface area (TPSA) is 49.9 Å². The van der Waals surface area contributed by atoms with Crippen LogP contribution in [0.25, 0.3) is 0 Å². The minimum absolute atomic E-state index is 0.146. The van der Waals surface area contributed by atoms with Gasteiger partial charge in [-0.15, -0.1) is 0 Å². The summed E-state index contributed by atoms with van der Waals surface area (Å²) in [5.41, 5.74) is 1.01. The standard InChI is InChI=1S/C13H20N2O3S/c1-11-10-18-13(12-7-5-4-6-8-12)9-15(11)19(16,17)14(2)3/h4-8,11,13H,9-10H2,1-3H3/t11-,13+/m0/s1. The molecule has 1 aromatic rings. The second-order valence-corrected chi connectivity index (χ2v) is 7.04. The fourth-order valence-corrected chi connectivity index (χ4v) is 3.39. The highest BCUT2D eigenvalue weighted by Crippen LogP contribution is 2.27. The average molecular weight is 284 g/mol. The van der Waals surface area contributed by atoms with Crippen LogP contribution in [0.5, 0.6) is 0 Å². The Kier molecular flexibility index (Phi) is 4.25. The molecular formula is C13H20N2O3S. The van der Waals surface area contributed by atoms with Gasteiger partial charge in [-0.2, -0.15) is 17.0 Å². The Morgan fingerprint density at radius 2 is 1.89 bits per heavy atom. The molecule has 0 N–H and O–H groups in total. The van der Waals surface area contributed by atoms with Gasteiger partial charge in [0.05, 0.1) is 12.7 Å². The van der Waals surface area contributed by atoms with Crippen molar-refractivity contribution in [2.45, 2.75) is 19.1 Å². The molecule has 106 valence electrons. The van der Waals surface area contributed by atoms with Crippen LogP contribution in [0.15, 0.2) is 30.3 Å². The van der Waals surface area contributed by atoms with Crippen molar-refractivity contribution in [1.82, 2.24) is 8.61 Å². The van der Waals surface area contributed by atoms with Crippen molar-refractivity contribution in [3.8, 4) is 0 Å². The van der Waals surface area contributed by atoms with E-state index in [2.05, 4.69) is 0 Å². The zero-order chi connectivity index (χ0) is 14.0. The van der Waals surface area contributed by atoms with Gasteiger partial charge in [0.15, 0.2) is 0 Å². The number of benzene rings is 1. The Morgan fingerprint density at radius 1 is 1.26 bits per heavy atom. The minimum atomic E-state index is -3.40. The molecule has 1 aliphatic rings. The molecule has 0 unspecified atom stereocenters. The van der Waals surface area contributed by atoms with E-state index in [0.29, 0.717) is 13.2 Å². The first kappa shape index (κ1) is 14.5. The van der Waals surface area contributed by atoms with Gasteiger partial charge in [0.1, 0.15) is 0 Å². The Balaban J connectivity index is 2.22. The van der Waals surface area contributed by atoms with Crippen molar-refractivity contribution in [2.75, 3.05) is 27.2 Å². The molecule has 19 heavy (non-hydrogen) atoms. The van der Waals surface area contributed by atoms with Crippen molar-refractivity contribution < 1.29 is 13.2 Å². The summed E-state index contributed by atoms with van der Waals surface area (Å²) in [4.78, 5) is 0. The predicted molar refractivity (Wildman–Crippen MR) is 73.9 cm³/mol. The average Bonchev–Trinajstić information content (AvgIpc) is 2.40. The molecule has 1 fully saturated rings. The molecule has 0 aliphatic carbocycles. The van der Waals surface area contributed by atoms with E-state index in [1.54, 1.807) is 14.1 Å². The van der Waals surface area contributed by atoms with Crippen LogP contribution in [0.4, 0.5) is 0 Å². The fraction of sp³-hybridized carbons (Fsp3) is 0.538. The lowest BCUT2D eigenvalue weighted by Gasteiger charge is -2.38. The zero-order valence-electron chi connectivity index (χ0n) is 11.5. The van der Waals surface area contributed by atoms with Gasteiger partial charge in [0, 0.05) is 26.7 Å². The first-order chi connectivity index (χ1) is 8.93. The molecule has 1 saturated heterocycles. The minimum Gasteiger partial charge on any atom is -0.370 e. The van der Waals surface area contributed by atoms with Crippen LogP contribution in [-0.2, 0) is 14.9 Å². The molecule has 6 heteroatoms. The smallest absolute Gasteiger partial charge is 0.281 e. The van der Waals surface area contributed by atoms with Gasteiger partial charge in [-0.05, 0) is 12.5 Å². The molecule has 2 atom stereocenters. The lowest BCUT2D eigenvalue weighted by molar-refractivity contribution is -0.0302. The summed E-state index contributed by atoms with van der Waals surface area (Å²) in [5.74, 6) is 0. The Hall–Kier alpha value is -0.950. The lowest BCUT2D eigenvalue weighted by atomic mass is 10.1. The third kappa shape index (κ3) is 2.97. The van der Waals surface area contributed by atoms with E-state index in [4.69, 9.17) is 4.74 Å². The number of morpholine rings is 1. The maximum Gasteiger partial charge on any atom is 0.281 e. The van der Waals surface area contributed by atoms with Gasteiger partial charge in [0.25, 0.3) is 10.2 Å². The summed E-state index contributed by atoms with van der Waals surface area (Å²) >= 11 is 0. The van der Waals surface area contributed by atoms with Crippen LogP contribution < -0.4 is 0 Å². The van der Waals surface area contributed by atoms with Crippen molar-refractivity contribution in [1.29, 1.82) is 0 Å². The number of hydrogen-bond donors (Lipinski definition) is 0. The van der Waals surface area contributed by atoms with Crippen LogP contribution in [0, 0.1) is 0 Å². The van der Waals surface area contributed by atoms with Crippen LogP contribution in [-0.4, -0.2) is 50.3 Å². The fourth-order valence-electron chi connectivity index (χ4n) is 2.14. The molecular weight excluding hydrogens is 264 g/mol. The highest BCUT2D eigenvalue weighted by molar-refractivity contribution is 7.86. The molecule has 1 aliphatic heterocycles. The summed E-state index contributed by atoms with van der Waals surface area (Å²) in [6.45, 7) is 2.63. The summed E-state index contributed by atoms with van der Waals surface area (Å²) in [6, 6.07) is 9.57. The van der Waals surface area contributed by atoms with Crippen molar-refractivity contribution in [3.63, 3.8) is 0 Å². The number of hydrogen-bond acceptors (Lipinski definition) is 3. The summed E-state index contributed by atoms with van der Waals surface area (Å²) < 4.78 is 33.0. The molecule has 0 amide bonds. The molecule has 0 radical (unpaired) electrons. The molecule has 0 saturated carbocycles. The second-order valence-electron chi connectivity index (χ2n) is 4.94. The molecule has 1 heterocycles. The van der Waals surface area contributed by atoms with E-state index in [0.717, 1.165) is 5.56 Å². The molecule has 0 bridgehead atoms. The maximum atomic E-state index is 12.3. The summed E-state index contributed by atoms with van der Waals surface area (Å²) in [7, 11) is -0.302. The molecule has 2 rings (SSSR count). The molecule has 0 spiro atoms. The van der Waals surface area contributed by atoms with Crippen LogP contribution in [0.2, 0.25) is 0 Å². The molecule has 5 nitrogen and oxygen atoms in total. The normalized spacial score (nSPS) is 25.7. The van der Waals surface area contributed by atoms with Gasteiger partial charge in [-0.25, -0.2) is 0 Å². The second kappa shape index (κ2) is 5.58. The Labute approximate surface area is 115 Å². The monoisotopic (exact) mass is 284 g/mol. The van der Waals surface area contributed by atoms with Crippen molar-refractivity contribution >= 4 is 10.2 Å². The maximum absolute atomic E-state index is 12.3. The van der Waals surface area contributed by atoms with Crippen molar-refractivity contribution in [2.24, 2.45) is 0 Å². The van der Waals surface area contributed by atoms with E-state index in [1.807, 2.05) is 37.3 Å². The van der Waals surface area contributed by atoms with Crippen LogP contribution >= 0.6 is 0 Å². The molecule has 1 aromatic carbocycles. The summed E-state index contributed by atoms with van der Waals surface area (Å²) in [5, 5.41) is 0. The van der Waals surface area contributed by atoms with Gasteiger partial charge in [-0.3, -0.25) is 0 Å². The van der Waals surface area contributed by atoms with E-state index in [-0.39, 0.29) is 12.1 Å². The van der Waals surface area contributed by atoms with E-state index in [1.165, 1.54) is 8.61 Å². The van der Waals surface area contributed by atoms with E-state index < -0.39 is 10.2 Å². The predicted octanol–water partition coefficient (Wildman–Crippen LogP) is 1.25. The van der Waals surface area contributed by atoms with Gasteiger partial charge < -0.3 is 4.74 Å². The van der Waals surface area contributed by atoms with E-state index in [9.17, 15) is 8.42 Å². The first-order valence-electron chi connectivity index (χ1n) is 6.28. The third-order valence-corrected chi connectivity index (χ3v) is 5.33. The van der Waals surface area contributed by atoms with Crippen LogP contribution in [0.3, 0.4) is 0 Å². The first-order valence-corrected chi connectivity index (χ1v) is 7.68. The van der Waals surface area contributed by atoms with Gasteiger partial charge >= 0.3 is 0 Å². The van der Waals surface area contributed by atoms with E-state index >= 15 is 0 Å². The number of ether oxygens (including phenoxy) is 1. The number of rotatable bonds is 3. The SMILES string of the molecule is C[C@H]1CO[C@@H](c2ccccc2)CN1S(=O)(=O)N(C)C. The highest BCUT2D eigenvalue weighted by Gasteiger charge is 2.36. The summed E-state index contributed by atoms with van der Waals surface area (Å²) in [6.07, 6.45) is -0.202. The van der Waals surface area contributed by atoms with Crippen LogP contribution in [0.1, 0.15) is 18.6 Å².